The van der Waals surface area contributed by atoms with Crippen molar-refractivity contribution in [2.75, 3.05) is 6.54 Å². The van der Waals surface area contributed by atoms with Gasteiger partial charge in [-0.1, -0.05) is 20.3 Å². The smallest absolute Gasteiger partial charge is 0.0124 e. The van der Waals surface area contributed by atoms with Gasteiger partial charge in [0, 0.05) is 12.1 Å². The number of nitrogens with zero attached hydrogens (tertiary/aromatic N) is 1. The van der Waals surface area contributed by atoms with Crippen LogP contribution in [0.1, 0.15) is 47.0 Å². The fourth-order valence-corrected chi connectivity index (χ4v) is 2.34. The molecule has 0 aromatic rings. The minimum Gasteiger partial charge on any atom is -0.298 e. The van der Waals surface area contributed by atoms with Gasteiger partial charge in [-0.3, -0.25) is 4.90 Å². The van der Waals surface area contributed by atoms with Crippen molar-refractivity contribution in [2.45, 2.75) is 59.0 Å². The lowest BCUT2D eigenvalue weighted by Crippen LogP contribution is -2.39. The van der Waals surface area contributed by atoms with E-state index in [1.165, 1.54) is 25.8 Å². The molecule has 1 heteroatoms. The van der Waals surface area contributed by atoms with Crippen LogP contribution in [-0.2, 0) is 0 Å². The quantitative estimate of drug-likeness (QED) is 0.628. The van der Waals surface area contributed by atoms with Crippen LogP contribution in [-0.4, -0.2) is 23.5 Å². The number of likely N-dealkylation sites (tertiary alicyclic amines) is 1. The normalized spacial score (nSPS) is 28.2. The lowest BCUT2D eigenvalue weighted by molar-refractivity contribution is 0.156. The van der Waals surface area contributed by atoms with Crippen molar-refractivity contribution in [1.82, 2.24) is 4.90 Å². The predicted molar refractivity (Wildman–Crippen MR) is 54.3 cm³/mol. The molecule has 1 saturated heterocycles. The van der Waals surface area contributed by atoms with E-state index < -0.39 is 0 Å². The second-order valence-electron chi connectivity index (χ2n) is 4.43. The maximum absolute atomic E-state index is 2.67. The molecule has 1 fully saturated rings. The van der Waals surface area contributed by atoms with Crippen LogP contribution >= 0.6 is 0 Å². The zero-order chi connectivity index (χ0) is 9.14. The minimum atomic E-state index is 0.742. The van der Waals surface area contributed by atoms with Crippen LogP contribution < -0.4 is 0 Å². The van der Waals surface area contributed by atoms with E-state index in [1.807, 2.05) is 0 Å². The molecule has 0 aliphatic carbocycles. The summed E-state index contributed by atoms with van der Waals surface area (Å²) in [7, 11) is 0. The maximum atomic E-state index is 2.67. The van der Waals surface area contributed by atoms with Crippen molar-refractivity contribution in [1.29, 1.82) is 0 Å². The van der Waals surface area contributed by atoms with Crippen LogP contribution in [0.3, 0.4) is 0 Å². The third-order valence-electron chi connectivity index (χ3n) is 3.31. The van der Waals surface area contributed by atoms with E-state index in [2.05, 4.69) is 32.6 Å². The second kappa shape index (κ2) is 4.27. The SMILES string of the molecule is CCC(C)[C@@H]1CCCN1C(C)C. The molecule has 0 radical (unpaired) electrons. The molecular weight excluding hydrogens is 146 g/mol. The molecule has 1 heterocycles. The van der Waals surface area contributed by atoms with E-state index in [-0.39, 0.29) is 0 Å². The maximum Gasteiger partial charge on any atom is 0.0124 e. The molecule has 0 amide bonds. The number of hydrogen-bond acceptors (Lipinski definition) is 1. The van der Waals surface area contributed by atoms with Gasteiger partial charge in [0.1, 0.15) is 0 Å². The van der Waals surface area contributed by atoms with E-state index in [4.69, 9.17) is 0 Å². The van der Waals surface area contributed by atoms with Crippen LogP contribution in [0.2, 0.25) is 0 Å². The minimum absolute atomic E-state index is 0.742. The Kier molecular flexibility index (Phi) is 3.57. The van der Waals surface area contributed by atoms with Gasteiger partial charge in [0.15, 0.2) is 0 Å². The Bertz CT molecular complexity index is 131. The van der Waals surface area contributed by atoms with Crippen molar-refractivity contribution in [3.8, 4) is 0 Å². The molecule has 2 atom stereocenters. The van der Waals surface area contributed by atoms with Crippen molar-refractivity contribution in [2.24, 2.45) is 5.92 Å². The fourth-order valence-electron chi connectivity index (χ4n) is 2.34. The summed E-state index contributed by atoms with van der Waals surface area (Å²) >= 11 is 0. The third-order valence-corrected chi connectivity index (χ3v) is 3.31. The lowest BCUT2D eigenvalue weighted by Gasteiger charge is -2.32. The van der Waals surface area contributed by atoms with Crippen molar-refractivity contribution in [3.05, 3.63) is 0 Å². The highest BCUT2D eigenvalue weighted by Gasteiger charge is 2.29. The highest BCUT2D eigenvalue weighted by molar-refractivity contribution is 4.84. The highest BCUT2D eigenvalue weighted by atomic mass is 15.2. The largest absolute Gasteiger partial charge is 0.298 e. The standard InChI is InChI=1S/C11H23N/c1-5-10(4)11-7-6-8-12(11)9(2)3/h9-11H,5-8H2,1-4H3/t10?,11-/m0/s1. The van der Waals surface area contributed by atoms with E-state index in [1.54, 1.807) is 0 Å². The van der Waals surface area contributed by atoms with Gasteiger partial charge in [-0.2, -0.15) is 0 Å². The molecule has 1 unspecified atom stereocenters. The summed E-state index contributed by atoms with van der Waals surface area (Å²) in [5.74, 6) is 0.884. The summed E-state index contributed by atoms with van der Waals surface area (Å²) in [6.07, 6.45) is 4.16. The van der Waals surface area contributed by atoms with Crippen LogP contribution in [0, 0.1) is 5.92 Å². The summed E-state index contributed by atoms with van der Waals surface area (Å²) in [6, 6.07) is 1.61. The zero-order valence-corrected chi connectivity index (χ0v) is 9.01. The topological polar surface area (TPSA) is 3.24 Å². The first-order valence-corrected chi connectivity index (χ1v) is 5.42. The van der Waals surface area contributed by atoms with Gasteiger partial charge in [-0.15, -0.1) is 0 Å². The van der Waals surface area contributed by atoms with Crippen LogP contribution in [0.25, 0.3) is 0 Å². The summed E-state index contributed by atoms with van der Waals surface area (Å²) in [5.41, 5.74) is 0. The van der Waals surface area contributed by atoms with Crippen LogP contribution in [0.15, 0.2) is 0 Å². The molecule has 0 spiro atoms. The summed E-state index contributed by atoms with van der Waals surface area (Å²) in [6.45, 7) is 10.7. The molecule has 72 valence electrons. The van der Waals surface area contributed by atoms with Gasteiger partial charge in [0.05, 0.1) is 0 Å². The molecule has 1 nitrogen and oxygen atoms in total. The molecular formula is C11H23N. The second-order valence-corrected chi connectivity index (χ2v) is 4.43. The summed E-state index contributed by atoms with van der Waals surface area (Å²) in [5, 5.41) is 0. The first-order chi connectivity index (χ1) is 5.66. The Morgan fingerprint density at radius 2 is 2.00 bits per heavy atom. The van der Waals surface area contributed by atoms with E-state index >= 15 is 0 Å². The van der Waals surface area contributed by atoms with Crippen LogP contribution in [0.5, 0.6) is 0 Å². The first-order valence-electron chi connectivity index (χ1n) is 5.42. The molecule has 0 bridgehead atoms. The Morgan fingerprint density at radius 3 is 2.50 bits per heavy atom. The Labute approximate surface area is 77.1 Å². The molecule has 0 N–H and O–H groups in total. The Hall–Kier alpha value is -0.0400. The van der Waals surface area contributed by atoms with Crippen molar-refractivity contribution >= 4 is 0 Å². The van der Waals surface area contributed by atoms with E-state index in [0.29, 0.717) is 0 Å². The van der Waals surface area contributed by atoms with Crippen molar-refractivity contribution < 1.29 is 0 Å². The Morgan fingerprint density at radius 1 is 1.33 bits per heavy atom. The fraction of sp³-hybridized carbons (Fsp3) is 1.00. The summed E-state index contributed by atoms with van der Waals surface area (Å²) < 4.78 is 0. The molecule has 1 aliphatic rings. The molecule has 0 aromatic carbocycles. The van der Waals surface area contributed by atoms with Gasteiger partial charge in [-0.05, 0) is 39.2 Å². The molecule has 0 aromatic heterocycles. The molecule has 1 aliphatic heterocycles. The zero-order valence-electron chi connectivity index (χ0n) is 9.01. The van der Waals surface area contributed by atoms with Gasteiger partial charge in [0.25, 0.3) is 0 Å². The number of rotatable bonds is 3. The first kappa shape index (κ1) is 10.0. The van der Waals surface area contributed by atoms with E-state index in [9.17, 15) is 0 Å². The highest BCUT2D eigenvalue weighted by Crippen LogP contribution is 2.27. The average Bonchev–Trinajstić information content (AvgIpc) is 2.50. The average molecular weight is 169 g/mol. The molecule has 12 heavy (non-hydrogen) atoms. The van der Waals surface area contributed by atoms with E-state index in [0.717, 1.165) is 18.0 Å². The van der Waals surface area contributed by atoms with Crippen molar-refractivity contribution in [3.63, 3.8) is 0 Å². The van der Waals surface area contributed by atoms with Gasteiger partial charge >= 0.3 is 0 Å². The van der Waals surface area contributed by atoms with Gasteiger partial charge in [-0.25, -0.2) is 0 Å². The van der Waals surface area contributed by atoms with Gasteiger partial charge < -0.3 is 0 Å². The van der Waals surface area contributed by atoms with Crippen LogP contribution in [0.4, 0.5) is 0 Å². The van der Waals surface area contributed by atoms with Gasteiger partial charge in [0.2, 0.25) is 0 Å². The molecule has 1 rings (SSSR count). The molecule has 0 saturated carbocycles. The predicted octanol–water partition coefficient (Wildman–Crippen LogP) is 2.91. The lowest BCUT2D eigenvalue weighted by atomic mass is 9.96. The third kappa shape index (κ3) is 2.01. The Balaban J connectivity index is 2.51. The number of hydrogen-bond donors (Lipinski definition) is 0. The monoisotopic (exact) mass is 169 g/mol. The summed E-state index contributed by atoms with van der Waals surface area (Å²) in [4.78, 5) is 2.67.